The Hall–Kier alpha value is -5.88. The summed E-state index contributed by atoms with van der Waals surface area (Å²) in [7, 11) is 1.56. The summed E-state index contributed by atoms with van der Waals surface area (Å²) < 4.78 is 53.1. The van der Waals surface area contributed by atoms with Crippen molar-refractivity contribution in [2.45, 2.75) is 103 Å². The summed E-state index contributed by atoms with van der Waals surface area (Å²) in [4.78, 5) is 68.8. The molecular weight excluding hydrogens is 939 g/mol. The number of carbonyl (C=O) groups excluding carboxylic acids is 4. The van der Waals surface area contributed by atoms with E-state index in [9.17, 15) is 32.3 Å². The number of piperazine rings is 1. The summed E-state index contributed by atoms with van der Waals surface area (Å²) in [5, 5.41) is 6.57. The number of likely N-dealkylation sites (tertiary alicyclic amines) is 1. The molecule has 5 fully saturated rings. The van der Waals surface area contributed by atoms with Gasteiger partial charge in [0, 0.05) is 87.4 Å². The number of halogens is 4. The van der Waals surface area contributed by atoms with Crippen molar-refractivity contribution in [1.29, 1.82) is 0 Å². The van der Waals surface area contributed by atoms with Crippen LogP contribution in [-0.4, -0.2) is 114 Å². The first-order valence-corrected chi connectivity index (χ1v) is 25.3. The third-order valence-corrected chi connectivity index (χ3v) is 15.9. The van der Waals surface area contributed by atoms with Gasteiger partial charge in [0.15, 0.2) is 11.5 Å². The molecule has 5 amide bonds. The van der Waals surface area contributed by atoms with Crippen molar-refractivity contribution < 1.29 is 41.8 Å². The second-order valence-electron chi connectivity index (χ2n) is 20.3. The number of hydrogen-bond acceptors (Lipinski definition) is 11. The number of aryl methyl sites for hydroxylation is 1. The number of piperidine rings is 1. The van der Waals surface area contributed by atoms with Crippen molar-refractivity contribution in [2.24, 2.45) is 17.3 Å². The molecule has 1 aromatic heterocycles. The maximum Gasteiger partial charge on any atom is 0.416 e. The predicted octanol–water partition coefficient (Wildman–Crippen LogP) is 9.02. The van der Waals surface area contributed by atoms with Crippen molar-refractivity contribution in [2.75, 3.05) is 75.4 Å². The molecule has 1 atom stereocenters. The monoisotopic (exact) mass is 1000 g/mol. The molecule has 3 aromatic carbocycles. The minimum Gasteiger partial charge on any atom is -0.493 e. The molecule has 3 saturated heterocycles. The number of urea groups is 1. The van der Waals surface area contributed by atoms with Gasteiger partial charge in [-0.15, -0.1) is 0 Å². The van der Waals surface area contributed by atoms with E-state index in [1.807, 2.05) is 15.9 Å². The second kappa shape index (κ2) is 20.7. The highest BCUT2D eigenvalue weighted by Crippen LogP contribution is 2.47. The Balaban J connectivity index is 0.719. The first-order valence-electron chi connectivity index (χ1n) is 24.9. The number of methoxy groups -OCH3 is 1. The number of anilines is 3. The third-order valence-electron chi connectivity index (χ3n) is 15.6. The number of nitrogen functional groups attached to an aromatic ring is 1. The molecule has 4 N–H and O–H groups in total. The molecule has 5 aliphatic rings. The summed E-state index contributed by atoms with van der Waals surface area (Å²) in [6.07, 6.45) is 4.89. The van der Waals surface area contributed by atoms with E-state index < -0.39 is 23.8 Å². The normalized spacial score (nSPS) is 21.8. The fourth-order valence-corrected chi connectivity index (χ4v) is 11.6. The molecule has 3 aliphatic heterocycles. The van der Waals surface area contributed by atoms with E-state index in [0.717, 1.165) is 83.4 Å². The van der Waals surface area contributed by atoms with E-state index >= 15 is 0 Å². The lowest BCUT2D eigenvalue weighted by molar-refractivity contribution is -0.139. The van der Waals surface area contributed by atoms with Crippen LogP contribution in [0.15, 0.2) is 48.5 Å². The standard InChI is InChI=1S/C52H63ClF3N9O6/c1-31(36-24-37(52(54,55)56)27-38(57)25-36)58-47-40-28-45(44(70-3)29-42(40)59-32(2)60-47)71-39-7-4-34(5-8-39)48(67)64-22-20-62(21-23-64)30-33-10-13-51(14-11-33)15-18-63(19-16-51)49(68)35-6-9-41(53)43(26-35)65-17-12-46(66)61-50(65)69/h6,9,24-29,31,33-34,39H,4-5,7-8,10-23,30,57H2,1-3H3,(H,58,59,60)(H,61,66,69)/t31-,34-,39-/m1/s1. The molecule has 71 heavy (non-hydrogen) atoms. The number of aromatic nitrogens is 2. The van der Waals surface area contributed by atoms with Crippen LogP contribution in [0.2, 0.25) is 5.02 Å². The number of nitrogens with two attached hydrogens (primary N) is 1. The maximum absolute atomic E-state index is 13.8. The number of nitrogens with one attached hydrogen (secondary N) is 2. The van der Waals surface area contributed by atoms with Crippen LogP contribution in [0.25, 0.3) is 10.9 Å². The summed E-state index contributed by atoms with van der Waals surface area (Å²) in [5.74, 6) is 2.28. The molecule has 4 heterocycles. The molecule has 4 aromatic rings. The molecule has 9 rings (SSSR count). The predicted molar refractivity (Wildman–Crippen MR) is 265 cm³/mol. The average Bonchev–Trinajstić information content (AvgIpc) is 3.35. The van der Waals surface area contributed by atoms with Crippen molar-refractivity contribution in [3.63, 3.8) is 0 Å². The molecule has 0 radical (unpaired) electrons. The topological polar surface area (TPSA) is 176 Å². The van der Waals surface area contributed by atoms with E-state index in [4.69, 9.17) is 26.8 Å². The fraction of sp³-hybridized carbons (Fsp3) is 0.538. The van der Waals surface area contributed by atoms with Gasteiger partial charge in [0.2, 0.25) is 11.8 Å². The zero-order chi connectivity index (χ0) is 50.2. The Kier molecular flexibility index (Phi) is 14.6. The van der Waals surface area contributed by atoms with Gasteiger partial charge in [0.1, 0.15) is 11.6 Å². The number of imide groups is 1. The van der Waals surface area contributed by atoms with Crippen LogP contribution in [0, 0.1) is 24.2 Å². The van der Waals surface area contributed by atoms with Crippen molar-refractivity contribution in [1.82, 2.24) is 30.0 Å². The number of nitrogens with zero attached hydrogens (tertiary/aromatic N) is 6. The summed E-state index contributed by atoms with van der Waals surface area (Å²) in [6, 6.07) is 11.0. The Morgan fingerprint density at radius 3 is 2.28 bits per heavy atom. The highest BCUT2D eigenvalue weighted by atomic mass is 35.5. The lowest BCUT2D eigenvalue weighted by Gasteiger charge is -2.47. The van der Waals surface area contributed by atoms with Gasteiger partial charge in [0.05, 0.1) is 41.0 Å². The minimum absolute atomic E-state index is 0.0156. The van der Waals surface area contributed by atoms with Gasteiger partial charge in [-0.2, -0.15) is 13.2 Å². The molecule has 2 aliphatic carbocycles. The van der Waals surface area contributed by atoms with Crippen LogP contribution in [0.1, 0.15) is 111 Å². The van der Waals surface area contributed by atoms with Crippen LogP contribution in [-0.2, 0) is 15.8 Å². The molecule has 0 unspecified atom stereocenters. The molecule has 0 bridgehead atoms. The third kappa shape index (κ3) is 11.3. The van der Waals surface area contributed by atoms with Gasteiger partial charge in [-0.25, -0.2) is 14.8 Å². The second-order valence-corrected chi connectivity index (χ2v) is 20.7. The lowest BCUT2D eigenvalue weighted by atomic mass is 9.65. The Labute approximate surface area is 416 Å². The fourth-order valence-electron chi connectivity index (χ4n) is 11.4. The van der Waals surface area contributed by atoms with Crippen molar-refractivity contribution in [3.8, 4) is 11.5 Å². The quantitative estimate of drug-likeness (QED) is 0.122. The number of hydrogen-bond donors (Lipinski definition) is 3. The first kappa shape index (κ1) is 50.1. The van der Waals surface area contributed by atoms with Gasteiger partial charge < -0.3 is 30.3 Å². The van der Waals surface area contributed by atoms with E-state index in [1.165, 1.54) is 11.0 Å². The van der Waals surface area contributed by atoms with Crippen LogP contribution in [0.5, 0.6) is 11.5 Å². The van der Waals surface area contributed by atoms with Gasteiger partial charge in [-0.3, -0.25) is 29.5 Å². The molecule has 15 nitrogen and oxygen atoms in total. The summed E-state index contributed by atoms with van der Waals surface area (Å²) in [6.45, 7) is 9.30. The Morgan fingerprint density at radius 1 is 0.887 bits per heavy atom. The SMILES string of the molecule is COc1cc2nc(C)nc(N[C@H](C)c3cc(N)cc(C(F)(F)F)c3)c2cc1O[C@H]1CC[C@H](C(=O)N2CCN(CC3CCC4(CC3)CCN(C(=O)c3ccc(Cl)c(N5CCC(=O)NC5=O)c3)CC4)CC2)CC1. The van der Waals surface area contributed by atoms with E-state index in [-0.39, 0.29) is 53.8 Å². The Bertz CT molecular complexity index is 2660. The number of ether oxygens (including phenoxy) is 2. The summed E-state index contributed by atoms with van der Waals surface area (Å²) in [5.41, 5.74) is 7.17. The molecular formula is C52H63ClF3N9O6. The van der Waals surface area contributed by atoms with Gasteiger partial charge >= 0.3 is 12.2 Å². The zero-order valence-electron chi connectivity index (χ0n) is 40.6. The number of alkyl halides is 3. The minimum atomic E-state index is -4.54. The number of carbonyl (C=O) groups is 4. The molecule has 1 spiro atoms. The maximum atomic E-state index is 13.8. The molecule has 380 valence electrons. The van der Waals surface area contributed by atoms with Crippen molar-refractivity contribution in [3.05, 3.63) is 76.1 Å². The smallest absolute Gasteiger partial charge is 0.416 e. The van der Waals surface area contributed by atoms with E-state index in [1.54, 1.807) is 45.2 Å². The lowest BCUT2D eigenvalue weighted by Crippen LogP contribution is -2.52. The first-order chi connectivity index (χ1) is 33.9. The van der Waals surface area contributed by atoms with Gasteiger partial charge in [-0.1, -0.05) is 11.6 Å². The van der Waals surface area contributed by atoms with Crippen LogP contribution < -0.4 is 30.7 Å². The highest BCUT2D eigenvalue weighted by Gasteiger charge is 2.41. The van der Waals surface area contributed by atoms with Crippen LogP contribution in [0.3, 0.4) is 0 Å². The number of amides is 5. The Morgan fingerprint density at radius 2 is 1.61 bits per heavy atom. The van der Waals surface area contributed by atoms with Gasteiger partial charge in [-0.05, 0) is 137 Å². The highest BCUT2D eigenvalue weighted by molar-refractivity contribution is 6.34. The van der Waals surface area contributed by atoms with Gasteiger partial charge in [0.25, 0.3) is 5.91 Å². The number of benzene rings is 3. The van der Waals surface area contributed by atoms with Crippen LogP contribution in [0.4, 0.5) is 35.2 Å². The summed E-state index contributed by atoms with van der Waals surface area (Å²) >= 11 is 6.44. The van der Waals surface area contributed by atoms with E-state index in [0.29, 0.717) is 101 Å². The van der Waals surface area contributed by atoms with Crippen LogP contribution >= 0.6 is 11.6 Å². The molecule has 19 heteroatoms. The number of fused-ring (bicyclic) bond motifs is 1. The number of rotatable bonds is 11. The largest absolute Gasteiger partial charge is 0.493 e. The van der Waals surface area contributed by atoms with E-state index in [2.05, 4.69) is 25.5 Å². The van der Waals surface area contributed by atoms with Crippen molar-refractivity contribution >= 4 is 63.4 Å². The molecule has 2 saturated carbocycles. The zero-order valence-corrected chi connectivity index (χ0v) is 41.3. The average molecular weight is 1000 g/mol.